The van der Waals surface area contributed by atoms with Gasteiger partial charge >= 0.3 is 0 Å². The number of rotatable bonds is 4. The zero-order valence-electron chi connectivity index (χ0n) is 10.7. The van der Waals surface area contributed by atoms with Crippen LogP contribution in [0.25, 0.3) is 0 Å². The smallest absolute Gasteiger partial charge is 0.0743 e. The summed E-state index contributed by atoms with van der Waals surface area (Å²) in [5, 5.41) is 0. The number of thiocarbonyl (C=S) groups is 1. The first-order valence-electron chi connectivity index (χ1n) is 6.88. The fourth-order valence-electron chi connectivity index (χ4n) is 3.31. The van der Waals surface area contributed by atoms with Gasteiger partial charge in [0.15, 0.2) is 0 Å². The Morgan fingerprint density at radius 3 is 2.94 bits per heavy atom. The summed E-state index contributed by atoms with van der Waals surface area (Å²) in [6.07, 6.45) is 7.60. The van der Waals surface area contributed by atoms with Gasteiger partial charge in [0.2, 0.25) is 0 Å². The van der Waals surface area contributed by atoms with E-state index in [4.69, 9.17) is 22.7 Å². The third kappa shape index (κ3) is 3.18. The Labute approximate surface area is 110 Å². The first-order chi connectivity index (χ1) is 8.22. The topological polar surface area (TPSA) is 38.5 Å². The molecule has 0 bridgehead atoms. The average Bonchev–Trinajstić information content (AvgIpc) is 2.35. The van der Waals surface area contributed by atoms with Gasteiger partial charge in [-0.1, -0.05) is 32.0 Å². The highest BCUT2D eigenvalue weighted by Gasteiger charge is 2.36. The van der Waals surface area contributed by atoms with Gasteiger partial charge in [-0.2, -0.15) is 0 Å². The number of hydrogen-bond donors (Lipinski definition) is 1. The predicted molar refractivity (Wildman–Crippen MR) is 74.2 cm³/mol. The van der Waals surface area contributed by atoms with E-state index in [1.54, 1.807) is 0 Å². The second-order valence-electron chi connectivity index (χ2n) is 5.23. The Kier molecular flexibility index (Phi) is 4.77. The summed E-state index contributed by atoms with van der Waals surface area (Å²) in [5.74, 6) is 0. The van der Waals surface area contributed by atoms with E-state index in [0.717, 1.165) is 26.0 Å². The molecule has 1 aliphatic heterocycles. The molecule has 98 valence electrons. The molecule has 0 aromatic carbocycles. The van der Waals surface area contributed by atoms with E-state index >= 15 is 0 Å². The maximum Gasteiger partial charge on any atom is 0.0743 e. The van der Waals surface area contributed by atoms with Crippen molar-refractivity contribution in [1.82, 2.24) is 4.90 Å². The molecule has 2 aliphatic rings. The van der Waals surface area contributed by atoms with Crippen molar-refractivity contribution < 1.29 is 4.74 Å². The highest BCUT2D eigenvalue weighted by Crippen LogP contribution is 2.30. The van der Waals surface area contributed by atoms with Crippen molar-refractivity contribution in [3.8, 4) is 0 Å². The van der Waals surface area contributed by atoms with E-state index in [2.05, 4.69) is 11.8 Å². The lowest BCUT2D eigenvalue weighted by Gasteiger charge is -2.47. The van der Waals surface area contributed by atoms with E-state index in [1.807, 2.05) is 0 Å². The van der Waals surface area contributed by atoms with Crippen LogP contribution in [0, 0.1) is 0 Å². The zero-order chi connectivity index (χ0) is 12.3. The van der Waals surface area contributed by atoms with Crippen LogP contribution in [-0.4, -0.2) is 41.2 Å². The first-order valence-corrected chi connectivity index (χ1v) is 7.29. The van der Waals surface area contributed by atoms with Gasteiger partial charge in [0.25, 0.3) is 0 Å². The van der Waals surface area contributed by atoms with Gasteiger partial charge in [-0.3, -0.25) is 4.90 Å². The number of morpholine rings is 1. The Morgan fingerprint density at radius 2 is 2.24 bits per heavy atom. The fraction of sp³-hybridized carbons (Fsp3) is 0.923. The van der Waals surface area contributed by atoms with Crippen LogP contribution in [0.1, 0.15) is 45.4 Å². The van der Waals surface area contributed by atoms with Gasteiger partial charge in [0, 0.05) is 25.0 Å². The van der Waals surface area contributed by atoms with E-state index in [9.17, 15) is 0 Å². The molecule has 4 heteroatoms. The molecule has 3 unspecified atom stereocenters. The van der Waals surface area contributed by atoms with Crippen LogP contribution in [0.2, 0.25) is 0 Å². The highest BCUT2D eigenvalue weighted by molar-refractivity contribution is 7.80. The van der Waals surface area contributed by atoms with Crippen molar-refractivity contribution in [3.63, 3.8) is 0 Å². The second kappa shape index (κ2) is 6.12. The molecule has 0 radical (unpaired) electrons. The average molecular weight is 256 g/mol. The third-order valence-corrected chi connectivity index (χ3v) is 4.32. The van der Waals surface area contributed by atoms with Crippen molar-refractivity contribution >= 4 is 17.2 Å². The molecule has 1 saturated carbocycles. The van der Waals surface area contributed by atoms with Crippen LogP contribution in [-0.2, 0) is 4.74 Å². The molecule has 0 amide bonds. The van der Waals surface area contributed by atoms with Crippen LogP contribution in [0.15, 0.2) is 0 Å². The summed E-state index contributed by atoms with van der Waals surface area (Å²) in [6, 6.07) is 1.12. The summed E-state index contributed by atoms with van der Waals surface area (Å²) in [6.45, 7) is 4.15. The molecule has 0 spiro atoms. The van der Waals surface area contributed by atoms with Gasteiger partial charge < -0.3 is 10.5 Å². The predicted octanol–water partition coefficient (Wildman–Crippen LogP) is 2.08. The Morgan fingerprint density at radius 1 is 1.47 bits per heavy atom. The van der Waals surface area contributed by atoms with E-state index in [-0.39, 0.29) is 0 Å². The number of fused-ring (bicyclic) bond motifs is 1. The monoisotopic (exact) mass is 256 g/mol. The molecule has 17 heavy (non-hydrogen) atoms. The lowest BCUT2D eigenvalue weighted by atomic mass is 9.88. The lowest BCUT2D eigenvalue weighted by Crippen LogP contribution is -2.56. The maximum absolute atomic E-state index is 5.91. The minimum absolute atomic E-state index is 0.456. The number of ether oxygens (including phenoxy) is 1. The number of nitrogens with zero attached hydrogens (tertiary/aromatic N) is 1. The zero-order valence-corrected chi connectivity index (χ0v) is 11.5. The molecule has 0 aromatic heterocycles. The molecule has 2 N–H and O–H groups in total. The minimum atomic E-state index is 0.456. The highest BCUT2D eigenvalue weighted by atomic mass is 32.1. The molecule has 2 fully saturated rings. The van der Waals surface area contributed by atoms with Crippen LogP contribution in [0.5, 0.6) is 0 Å². The number of hydrogen-bond acceptors (Lipinski definition) is 3. The van der Waals surface area contributed by atoms with Gasteiger partial charge in [-0.25, -0.2) is 0 Å². The second-order valence-corrected chi connectivity index (χ2v) is 5.76. The minimum Gasteiger partial charge on any atom is -0.393 e. The van der Waals surface area contributed by atoms with Crippen LogP contribution < -0.4 is 5.73 Å². The molecule has 2 rings (SSSR count). The fourth-order valence-corrected chi connectivity index (χ4v) is 3.50. The van der Waals surface area contributed by atoms with E-state index in [0.29, 0.717) is 23.2 Å². The van der Waals surface area contributed by atoms with Crippen LogP contribution in [0.3, 0.4) is 0 Å². The van der Waals surface area contributed by atoms with Crippen molar-refractivity contribution in [1.29, 1.82) is 0 Å². The number of nitrogens with two attached hydrogens (primary N) is 1. The summed E-state index contributed by atoms with van der Waals surface area (Å²) in [5.41, 5.74) is 5.72. The van der Waals surface area contributed by atoms with Crippen LogP contribution >= 0.6 is 12.2 Å². The molecular weight excluding hydrogens is 232 g/mol. The normalized spacial score (nSPS) is 31.8. The van der Waals surface area contributed by atoms with Crippen LogP contribution in [0.4, 0.5) is 0 Å². The molecular formula is C13H24N2OS. The molecule has 1 heterocycles. The third-order valence-electron chi connectivity index (χ3n) is 4.15. The Balaban J connectivity index is 2.03. The van der Waals surface area contributed by atoms with Gasteiger partial charge in [0.1, 0.15) is 0 Å². The Hall–Kier alpha value is -0.190. The summed E-state index contributed by atoms with van der Waals surface area (Å²) in [7, 11) is 0. The summed E-state index contributed by atoms with van der Waals surface area (Å²) >= 11 is 5.07. The van der Waals surface area contributed by atoms with Crippen molar-refractivity contribution in [2.45, 2.75) is 63.6 Å². The van der Waals surface area contributed by atoms with Gasteiger partial charge in [-0.05, 0) is 19.3 Å². The molecule has 3 nitrogen and oxygen atoms in total. The SMILES string of the molecule is CCC(CC(N)=S)N1CCOC2CCCCC21. The quantitative estimate of drug-likeness (QED) is 0.782. The molecule has 0 aromatic rings. The summed E-state index contributed by atoms with van der Waals surface area (Å²) < 4.78 is 5.91. The van der Waals surface area contributed by atoms with Gasteiger partial charge in [-0.15, -0.1) is 0 Å². The van der Waals surface area contributed by atoms with E-state index < -0.39 is 0 Å². The summed E-state index contributed by atoms with van der Waals surface area (Å²) in [4.78, 5) is 3.27. The lowest BCUT2D eigenvalue weighted by molar-refractivity contribution is -0.102. The largest absolute Gasteiger partial charge is 0.393 e. The first kappa shape index (κ1) is 13.2. The molecule has 1 saturated heterocycles. The Bertz CT molecular complexity index is 270. The standard InChI is InChI=1S/C13H24N2OS/c1-2-10(9-13(14)17)15-7-8-16-12-6-4-3-5-11(12)15/h10-12H,2-9H2,1H3,(H2,14,17). The maximum atomic E-state index is 5.91. The van der Waals surface area contributed by atoms with Crippen molar-refractivity contribution in [2.24, 2.45) is 5.73 Å². The van der Waals surface area contributed by atoms with Gasteiger partial charge in [0.05, 0.1) is 17.7 Å². The molecule has 3 atom stereocenters. The van der Waals surface area contributed by atoms with Crippen molar-refractivity contribution in [2.75, 3.05) is 13.2 Å². The van der Waals surface area contributed by atoms with Crippen molar-refractivity contribution in [3.05, 3.63) is 0 Å². The van der Waals surface area contributed by atoms with E-state index in [1.165, 1.54) is 25.7 Å². The molecule has 1 aliphatic carbocycles.